The number of aryl methyl sites for hydroxylation is 1. The van der Waals surface area contributed by atoms with E-state index in [1.54, 1.807) is 39.8 Å². The SMILES string of the molecule is Cc1cc(C(=O)N2CCn3c(c(C(=O)NCc4ccccc4)n(-c4ccc(OC(C)C)cc4)c3=O)C2)ccc1Br. The van der Waals surface area contributed by atoms with Crippen LogP contribution in [-0.2, 0) is 19.6 Å². The number of carbonyl (C=O) groups is 2. The fourth-order valence-electron chi connectivity index (χ4n) is 4.87. The summed E-state index contributed by atoms with van der Waals surface area (Å²) in [6.07, 6.45) is 0.00715. The van der Waals surface area contributed by atoms with E-state index in [1.807, 2.05) is 63.2 Å². The third kappa shape index (κ3) is 5.60. The number of hydrogen-bond donors (Lipinski definition) is 1. The number of hydrogen-bond acceptors (Lipinski definition) is 4. The summed E-state index contributed by atoms with van der Waals surface area (Å²) in [7, 11) is 0. The molecule has 0 bridgehead atoms. The monoisotopic (exact) mass is 602 g/mol. The lowest BCUT2D eigenvalue weighted by molar-refractivity contribution is 0.0706. The number of halogens is 1. The average molecular weight is 604 g/mol. The standard InChI is InChI=1S/C31H31BrN4O4/c1-20(2)40-25-12-10-24(11-13-25)36-28(29(37)33-18-22-7-5-4-6-8-22)27-19-34(15-16-35(27)31(36)39)30(38)23-9-14-26(32)21(3)17-23/h4-14,17,20H,15-16,18-19H2,1-3H3,(H,33,37). The van der Waals surface area contributed by atoms with Crippen molar-refractivity contribution in [2.75, 3.05) is 6.54 Å². The van der Waals surface area contributed by atoms with Crippen molar-refractivity contribution in [1.29, 1.82) is 0 Å². The Morgan fingerprint density at radius 1 is 1.00 bits per heavy atom. The summed E-state index contributed by atoms with van der Waals surface area (Å²) in [5.41, 5.74) is 3.42. The van der Waals surface area contributed by atoms with Crippen LogP contribution >= 0.6 is 15.9 Å². The molecule has 0 saturated carbocycles. The minimum Gasteiger partial charge on any atom is -0.491 e. The Hall–Kier alpha value is -4.11. The zero-order chi connectivity index (χ0) is 28.4. The van der Waals surface area contributed by atoms with Crippen molar-refractivity contribution < 1.29 is 14.3 Å². The molecule has 1 aliphatic heterocycles. The fraction of sp³-hybridized carbons (Fsp3) is 0.258. The zero-order valence-corrected chi connectivity index (χ0v) is 24.3. The number of benzene rings is 3. The first-order valence-corrected chi connectivity index (χ1v) is 14.0. The normalized spacial score (nSPS) is 12.8. The van der Waals surface area contributed by atoms with Crippen LogP contribution in [0, 0.1) is 6.92 Å². The van der Waals surface area contributed by atoms with Crippen LogP contribution < -0.4 is 15.7 Å². The van der Waals surface area contributed by atoms with Crippen molar-refractivity contribution in [3.8, 4) is 11.4 Å². The molecule has 0 saturated heterocycles. The van der Waals surface area contributed by atoms with Gasteiger partial charge in [-0.05, 0) is 74.4 Å². The molecule has 2 heterocycles. The minimum absolute atomic E-state index is 0.00715. The summed E-state index contributed by atoms with van der Waals surface area (Å²) in [5, 5.41) is 2.97. The van der Waals surface area contributed by atoms with E-state index in [2.05, 4.69) is 21.2 Å². The molecule has 1 aliphatic rings. The molecule has 0 aliphatic carbocycles. The van der Waals surface area contributed by atoms with Gasteiger partial charge in [0.25, 0.3) is 11.8 Å². The Morgan fingerprint density at radius 3 is 2.40 bits per heavy atom. The molecule has 0 fully saturated rings. The molecule has 0 atom stereocenters. The van der Waals surface area contributed by atoms with E-state index in [4.69, 9.17) is 4.74 Å². The van der Waals surface area contributed by atoms with E-state index >= 15 is 0 Å². The van der Waals surface area contributed by atoms with Gasteiger partial charge in [-0.15, -0.1) is 0 Å². The van der Waals surface area contributed by atoms with Gasteiger partial charge in [-0.1, -0.05) is 46.3 Å². The van der Waals surface area contributed by atoms with Crippen molar-refractivity contribution in [2.24, 2.45) is 0 Å². The molecule has 3 aromatic carbocycles. The highest BCUT2D eigenvalue weighted by Crippen LogP contribution is 2.24. The third-order valence-electron chi connectivity index (χ3n) is 6.85. The van der Waals surface area contributed by atoms with Crippen LogP contribution in [0.25, 0.3) is 5.69 Å². The molecule has 0 unspecified atom stereocenters. The van der Waals surface area contributed by atoms with Gasteiger partial charge in [0.05, 0.1) is 24.0 Å². The number of nitrogens with one attached hydrogen (secondary N) is 1. The Bertz CT molecular complexity index is 1610. The van der Waals surface area contributed by atoms with Crippen molar-refractivity contribution in [3.63, 3.8) is 0 Å². The van der Waals surface area contributed by atoms with Crippen molar-refractivity contribution in [2.45, 2.75) is 46.5 Å². The molecule has 2 amide bonds. The molecule has 0 radical (unpaired) electrons. The maximum atomic E-state index is 13.7. The molecule has 1 N–H and O–H groups in total. The van der Waals surface area contributed by atoms with Crippen LogP contribution in [0.4, 0.5) is 0 Å². The van der Waals surface area contributed by atoms with Gasteiger partial charge >= 0.3 is 5.69 Å². The predicted octanol–water partition coefficient (Wildman–Crippen LogP) is 5.08. The van der Waals surface area contributed by atoms with Gasteiger partial charge < -0.3 is 15.0 Å². The van der Waals surface area contributed by atoms with Gasteiger partial charge in [-0.25, -0.2) is 4.79 Å². The summed E-state index contributed by atoms with van der Waals surface area (Å²) in [6.45, 7) is 6.91. The Labute approximate surface area is 241 Å². The van der Waals surface area contributed by atoms with E-state index in [1.165, 1.54) is 4.57 Å². The first kappa shape index (κ1) is 27.5. The second-order valence-corrected chi connectivity index (χ2v) is 10.9. The first-order chi connectivity index (χ1) is 19.2. The van der Waals surface area contributed by atoms with Crippen molar-refractivity contribution in [1.82, 2.24) is 19.4 Å². The second-order valence-electron chi connectivity index (χ2n) is 10.1. The Kier molecular flexibility index (Phi) is 7.93. The number of imidazole rings is 1. The quantitative estimate of drug-likeness (QED) is 0.319. The van der Waals surface area contributed by atoms with E-state index in [-0.39, 0.29) is 42.4 Å². The van der Waals surface area contributed by atoms with Crippen LogP contribution in [0.3, 0.4) is 0 Å². The molecule has 206 valence electrons. The van der Waals surface area contributed by atoms with Gasteiger partial charge in [-0.2, -0.15) is 0 Å². The number of amides is 2. The van der Waals surface area contributed by atoms with Crippen LogP contribution in [0.15, 0.2) is 82.1 Å². The number of aromatic nitrogens is 2. The smallest absolute Gasteiger partial charge is 0.333 e. The van der Waals surface area contributed by atoms with Gasteiger partial charge in [0.15, 0.2) is 0 Å². The Balaban J connectivity index is 1.53. The lowest BCUT2D eigenvalue weighted by Crippen LogP contribution is -2.41. The lowest BCUT2D eigenvalue weighted by Gasteiger charge is -2.28. The topological polar surface area (TPSA) is 85.6 Å². The molecular weight excluding hydrogens is 572 g/mol. The highest BCUT2D eigenvalue weighted by atomic mass is 79.9. The van der Waals surface area contributed by atoms with Crippen LogP contribution in [0.2, 0.25) is 0 Å². The van der Waals surface area contributed by atoms with Gasteiger partial charge in [-0.3, -0.25) is 18.7 Å². The zero-order valence-electron chi connectivity index (χ0n) is 22.7. The number of fused-ring (bicyclic) bond motifs is 1. The van der Waals surface area contributed by atoms with E-state index in [9.17, 15) is 14.4 Å². The van der Waals surface area contributed by atoms with Crippen LogP contribution in [0.1, 0.15) is 51.5 Å². The molecule has 8 nitrogen and oxygen atoms in total. The highest BCUT2D eigenvalue weighted by Gasteiger charge is 2.32. The van der Waals surface area contributed by atoms with E-state index in [0.29, 0.717) is 35.8 Å². The largest absolute Gasteiger partial charge is 0.491 e. The van der Waals surface area contributed by atoms with Gasteiger partial charge in [0, 0.05) is 29.7 Å². The number of ether oxygens (including phenoxy) is 1. The molecule has 9 heteroatoms. The maximum absolute atomic E-state index is 13.7. The van der Waals surface area contributed by atoms with Crippen molar-refractivity contribution >= 4 is 27.7 Å². The molecule has 5 rings (SSSR count). The number of carbonyl (C=O) groups excluding carboxylic acids is 2. The highest BCUT2D eigenvalue weighted by molar-refractivity contribution is 9.10. The number of nitrogens with zero attached hydrogens (tertiary/aromatic N) is 3. The lowest BCUT2D eigenvalue weighted by atomic mass is 10.1. The van der Waals surface area contributed by atoms with Crippen molar-refractivity contribution in [3.05, 3.63) is 116 Å². The van der Waals surface area contributed by atoms with Gasteiger partial charge in [0.1, 0.15) is 11.4 Å². The molecule has 0 spiro atoms. The fourth-order valence-corrected chi connectivity index (χ4v) is 5.12. The molecule has 40 heavy (non-hydrogen) atoms. The summed E-state index contributed by atoms with van der Waals surface area (Å²) in [6, 6.07) is 22.2. The van der Waals surface area contributed by atoms with E-state index in [0.717, 1.165) is 15.6 Å². The Morgan fingerprint density at radius 2 is 1.73 bits per heavy atom. The molecule has 4 aromatic rings. The predicted molar refractivity (Wildman–Crippen MR) is 157 cm³/mol. The third-order valence-corrected chi connectivity index (χ3v) is 7.74. The second kappa shape index (κ2) is 11.6. The summed E-state index contributed by atoms with van der Waals surface area (Å²) < 4.78 is 9.73. The molecular formula is C31H31BrN4O4. The first-order valence-electron chi connectivity index (χ1n) is 13.2. The van der Waals surface area contributed by atoms with Crippen LogP contribution in [0.5, 0.6) is 5.75 Å². The number of rotatable bonds is 7. The summed E-state index contributed by atoms with van der Waals surface area (Å²) in [4.78, 5) is 42.6. The molecule has 1 aromatic heterocycles. The summed E-state index contributed by atoms with van der Waals surface area (Å²) >= 11 is 3.48. The van der Waals surface area contributed by atoms with Crippen LogP contribution in [-0.4, -0.2) is 38.5 Å². The maximum Gasteiger partial charge on any atom is 0.333 e. The minimum atomic E-state index is -0.383. The van der Waals surface area contributed by atoms with E-state index < -0.39 is 0 Å². The average Bonchev–Trinajstić information content (AvgIpc) is 3.25. The van der Waals surface area contributed by atoms with Gasteiger partial charge in [0.2, 0.25) is 0 Å². The summed E-state index contributed by atoms with van der Waals surface area (Å²) in [5.74, 6) is 0.145.